The Hall–Kier alpha value is -2.12. The molecule has 98 valence electrons. The number of benzene rings is 1. The summed E-state index contributed by atoms with van der Waals surface area (Å²) in [6, 6.07) is 3.63. The molecule has 0 bridgehead atoms. The second-order valence-corrected chi connectivity index (χ2v) is 4.31. The second kappa shape index (κ2) is 4.87. The Morgan fingerprint density at radius 2 is 2.11 bits per heavy atom. The van der Waals surface area contributed by atoms with Crippen molar-refractivity contribution in [2.24, 2.45) is 0 Å². The fraction of sp³-hybridized carbons (Fsp3) is 0. The molecule has 19 heavy (non-hydrogen) atoms. The molecule has 1 heterocycles. The number of nitro benzene ring substituents is 1. The van der Waals surface area contributed by atoms with Gasteiger partial charge in [0, 0.05) is 17.3 Å². The van der Waals surface area contributed by atoms with Crippen LogP contribution in [0.2, 0.25) is 10.0 Å². The summed E-state index contributed by atoms with van der Waals surface area (Å²) in [4.78, 5) is 21.0. The highest BCUT2D eigenvalue weighted by Gasteiger charge is 2.22. The molecule has 2 aromatic rings. The molecule has 1 N–H and O–H groups in total. The largest absolute Gasteiger partial charge is 0.476 e. The van der Waals surface area contributed by atoms with Gasteiger partial charge in [-0.05, 0) is 12.1 Å². The summed E-state index contributed by atoms with van der Waals surface area (Å²) in [5.74, 6) is -1.24. The van der Waals surface area contributed by atoms with E-state index in [1.54, 1.807) is 0 Å². The van der Waals surface area contributed by atoms with Gasteiger partial charge in [0.1, 0.15) is 0 Å². The summed E-state index contributed by atoms with van der Waals surface area (Å²) in [6.07, 6.45) is 1.27. The summed E-state index contributed by atoms with van der Waals surface area (Å²) in [5.41, 5.74) is -0.651. The molecule has 0 amide bonds. The molecular weight excluding hydrogens is 297 g/mol. The molecule has 0 spiro atoms. The van der Waals surface area contributed by atoms with Gasteiger partial charge in [-0.2, -0.15) is 5.10 Å². The maximum atomic E-state index is 11.0. The number of aromatic carboxylic acids is 1. The van der Waals surface area contributed by atoms with Gasteiger partial charge in [0.05, 0.1) is 9.95 Å². The summed E-state index contributed by atoms with van der Waals surface area (Å²) in [6.45, 7) is 0. The Morgan fingerprint density at radius 3 is 2.63 bits per heavy atom. The van der Waals surface area contributed by atoms with Crippen molar-refractivity contribution in [2.75, 3.05) is 0 Å². The van der Waals surface area contributed by atoms with Crippen LogP contribution in [0.3, 0.4) is 0 Å². The first kappa shape index (κ1) is 13.3. The first-order valence-electron chi connectivity index (χ1n) is 4.83. The first-order valence-corrected chi connectivity index (χ1v) is 5.58. The third-order valence-corrected chi connectivity index (χ3v) is 2.75. The van der Waals surface area contributed by atoms with Crippen LogP contribution in [0.1, 0.15) is 10.5 Å². The molecule has 0 atom stereocenters. The molecule has 0 aliphatic carbocycles. The van der Waals surface area contributed by atoms with Crippen molar-refractivity contribution in [3.05, 3.63) is 50.2 Å². The minimum atomic E-state index is -1.24. The van der Waals surface area contributed by atoms with Crippen molar-refractivity contribution >= 4 is 34.9 Å². The molecule has 1 aromatic carbocycles. The zero-order chi connectivity index (χ0) is 14.2. The predicted octanol–water partition coefficient (Wildman–Crippen LogP) is 2.79. The van der Waals surface area contributed by atoms with Gasteiger partial charge in [0.2, 0.25) is 0 Å². The van der Waals surface area contributed by atoms with Crippen LogP contribution in [0.15, 0.2) is 24.4 Å². The van der Waals surface area contributed by atoms with Crippen molar-refractivity contribution in [2.45, 2.75) is 0 Å². The van der Waals surface area contributed by atoms with Crippen molar-refractivity contribution in [1.29, 1.82) is 0 Å². The quantitative estimate of drug-likeness (QED) is 0.694. The van der Waals surface area contributed by atoms with Crippen LogP contribution in [0.4, 0.5) is 5.69 Å². The van der Waals surface area contributed by atoms with E-state index in [9.17, 15) is 14.9 Å². The lowest BCUT2D eigenvalue weighted by Gasteiger charge is -2.05. The zero-order valence-electron chi connectivity index (χ0n) is 9.08. The molecule has 0 radical (unpaired) electrons. The SMILES string of the molecule is O=C(O)c1ccn(-c2c(Cl)cc(Cl)cc2[N+](=O)[O-])n1. The predicted molar refractivity (Wildman–Crippen MR) is 67.2 cm³/mol. The third kappa shape index (κ3) is 2.51. The fourth-order valence-corrected chi connectivity index (χ4v) is 2.05. The molecule has 0 saturated carbocycles. The van der Waals surface area contributed by atoms with Gasteiger partial charge in [0.25, 0.3) is 5.69 Å². The highest BCUT2D eigenvalue weighted by atomic mass is 35.5. The van der Waals surface area contributed by atoms with Crippen molar-refractivity contribution in [1.82, 2.24) is 9.78 Å². The minimum absolute atomic E-state index is 0.000705. The normalized spacial score (nSPS) is 10.4. The van der Waals surface area contributed by atoms with E-state index < -0.39 is 10.9 Å². The lowest BCUT2D eigenvalue weighted by atomic mass is 10.2. The fourth-order valence-electron chi connectivity index (χ4n) is 1.48. The van der Waals surface area contributed by atoms with E-state index in [0.717, 1.165) is 10.7 Å². The molecule has 0 saturated heterocycles. The Balaban J connectivity index is 2.66. The maximum absolute atomic E-state index is 11.0. The molecule has 9 heteroatoms. The van der Waals surface area contributed by atoms with Crippen molar-refractivity contribution < 1.29 is 14.8 Å². The molecule has 2 rings (SSSR count). The molecule has 0 fully saturated rings. The molecular formula is C10H5Cl2N3O4. The number of carbonyl (C=O) groups is 1. The van der Waals surface area contributed by atoms with E-state index in [0.29, 0.717) is 0 Å². The number of hydrogen-bond donors (Lipinski definition) is 1. The standard InChI is InChI=1S/C10H5Cl2N3O4/c11-5-3-6(12)9(8(4-5)15(18)19)14-2-1-7(13-14)10(16)17/h1-4H,(H,16,17). The summed E-state index contributed by atoms with van der Waals surface area (Å²) >= 11 is 11.6. The monoisotopic (exact) mass is 301 g/mol. The van der Waals surface area contributed by atoms with E-state index in [1.165, 1.54) is 18.3 Å². The molecule has 0 aliphatic heterocycles. The second-order valence-electron chi connectivity index (χ2n) is 3.46. The number of rotatable bonds is 3. The van der Waals surface area contributed by atoms with Crippen molar-refractivity contribution in [3.63, 3.8) is 0 Å². The number of halogens is 2. The van der Waals surface area contributed by atoms with E-state index >= 15 is 0 Å². The number of nitro groups is 1. The van der Waals surface area contributed by atoms with Gasteiger partial charge in [-0.15, -0.1) is 0 Å². The molecule has 0 aliphatic rings. The van der Waals surface area contributed by atoms with Crippen LogP contribution < -0.4 is 0 Å². The molecule has 0 unspecified atom stereocenters. The smallest absolute Gasteiger partial charge is 0.356 e. The van der Waals surface area contributed by atoms with E-state index in [4.69, 9.17) is 28.3 Å². The molecule has 1 aromatic heterocycles. The van der Waals surface area contributed by atoms with Gasteiger partial charge in [-0.1, -0.05) is 23.2 Å². The van der Waals surface area contributed by atoms with Crippen molar-refractivity contribution in [3.8, 4) is 5.69 Å². The average molecular weight is 302 g/mol. The number of hydrogen-bond acceptors (Lipinski definition) is 4. The summed E-state index contributed by atoms with van der Waals surface area (Å²) < 4.78 is 1.03. The van der Waals surface area contributed by atoms with Gasteiger partial charge >= 0.3 is 5.97 Å². The van der Waals surface area contributed by atoms with Gasteiger partial charge < -0.3 is 5.11 Å². The van der Waals surface area contributed by atoms with Crippen LogP contribution in [-0.4, -0.2) is 25.8 Å². The summed E-state index contributed by atoms with van der Waals surface area (Å²) in [5, 5.41) is 23.5. The zero-order valence-corrected chi connectivity index (χ0v) is 10.6. The lowest BCUT2D eigenvalue weighted by Crippen LogP contribution is -2.04. The minimum Gasteiger partial charge on any atom is -0.476 e. The Bertz CT molecular complexity index is 683. The van der Waals surface area contributed by atoms with Gasteiger partial charge in [-0.25, -0.2) is 9.48 Å². The summed E-state index contributed by atoms with van der Waals surface area (Å²) in [7, 11) is 0. The van der Waals surface area contributed by atoms with E-state index in [1.807, 2.05) is 0 Å². The Morgan fingerprint density at radius 1 is 1.42 bits per heavy atom. The Kier molecular flexibility index (Phi) is 3.41. The van der Waals surface area contributed by atoms with Crippen LogP contribution in [0, 0.1) is 10.1 Å². The highest BCUT2D eigenvalue weighted by Crippen LogP contribution is 2.33. The van der Waals surface area contributed by atoms with E-state index in [2.05, 4.69) is 5.10 Å². The van der Waals surface area contributed by atoms with Crippen LogP contribution in [0.25, 0.3) is 5.69 Å². The van der Waals surface area contributed by atoms with Gasteiger partial charge in [-0.3, -0.25) is 10.1 Å². The number of carboxylic acids is 1. The highest BCUT2D eigenvalue weighted by molar-refractivity contribution is 6.36. The number of carboxylic acid groups (broad SMARTS) is 1. The first-order chi connectivity index (χ1) is 8.90. The van der Waals surface area contributed by atoms with Crippen LogP contribution in [0.5, 0.6) is 0 Å². The van der Waals surface area contributed by atoms with E-state index in [-0.39, 0.29) is 27.1 Å². The Labute approximate surface area is 116 Å². The third-order valence-electron chi connectivity index (χ3n) is 2.24. The van der Waals surface area contributed by atoms with Gasteiger partial charge in [0.15, 0.2) is 11.4 Å². The topological polar surface area (TPSA) is 98.3 Å². The van der Waals surface area contributed by atoms with Crippen LogP contribution >= 0.6 is 23.2 Å². The number of aromatic nitrogens is 2. The maximum Gasteiger partial charge on any atom is 0.356 e. The van der Waals surface area contributed by atoms with Crippen LogP contribution in [-0.2, 0) is 0 Å². The number of nitrogens with zero attached hydrogens (tertiary/aromatic N) is 3. The molecule has 7 nitrogen and oxygen atoms in total. The lowest BCUT2D eigenvalue weighted by molar-refractivity contribution is -0.384. The average Bonchev–Trinajstić information content (AvgIpc) is 2.76.